The average molecular weight is 674 g/mol. The van der Waals surface area contributed by atoms with Gasteiger partial charge in [0.25, 0.3) is 5.91 Å². The Morgan fingerprint density at radius 2 is 1.85 bits per heavy atom. The Morgan fingerprint density at radius 3 is 2.54 bits per heavy atom. The minimum Gasteiger partial charge on any atom is -0.491 e. The lowest BCUT2D eigenvalue weighted by molar-refractivity contribution is 0.0886. The summed E-state index contributed by atoms with van der Waals surface area (Å²) in [6, 6.07) is 12.0. The van der Waals surface area contributed by atoms with Crippen LogP contribution in [0.2, 0.25) is 5.02 Å². The minimum atomic E-state index is -1.45. The molecule has 1 amide bonds. The number of aryl methyl sites for hydroxylation is 1. The fourth-order valence-corrected chi connectivity index (χ4v) is 8.81. The van der Waals surface area contributed by atoms with Crippen LogP contribution in [-0.2, 0) is 17.4 Å². The van der Waals surface area contributed by atoms with Gasteiger partial charge in [0.15, 0.2) is 0 Å². The molecule has 2 N–H and O–H groups in total. The molecule has 7 nitrogen and oxygen atoms in total. The minimum absolute atomic E-state index is 0.110. The van der Waals surface area contributed by atoms with Crippen LogP contribution in [0.3, 0.4) is 0 Å². The first-order chi connectivity index (χ1) is 22.1. The highest BCUT2D eigenvalue weighted by molar-refractivity contribution is 7.84. The van der Waals surface area contributed by atoms with Gasteiger partial charge in [0.2, 0.25) is 0 Å². The van der Waals surface area contributed by atoms with Crippen LogP contribution in [0.5, 0.6) is 5.75 Å². The van der Waals surface area contributed by atoms with Gasteiger partial charge in [0.1, 0.15) is 16.7 Å². The number of carbonyl (C=O) groups excluding carboxylic acids is 1. The number of aliphatic hydroxyl groups excluding tert-OH is 1. The van der Waals surface area contributed by atoms with Gasteiger partial charge in [0.05, 0.1) is 17.5 Å². The SMILES string of the molecule is CCCc1cc(Cl)ccc1C1COc2ccc3cc2N(C1)CC1CCC1C(CCN(C)C)CCCC(C)C(C)S(=O)NC3=O.CO. The average Bonchev–Trinajstić information content (AvgIpc) is 3.21. The van der Waals surface area contributed by atoms with E-state index in [1.807, 2.05) is 31.2 Å². The zero-order valence-electron chi connectivity index (χ0n) is 28.8. The molecule has 0 aromatic heterocycles. The third kappa shape index (κ3) is 9.06. The Bertz CT molecular complexity index is 1320. The molecule has 1 fully saturated rings. The highest BCUT2D eigenvalue weighted by Crippen LogP contribution is 2.46. The topological polar surface area (TPSA) is 82.1 Å². The molecular weight excluding hydrogens is 618 g/mol. The summed E-state index contributed by atoms with van der Waals surface area (Å²) in [5.74, 6) is 2.99. The molecule has 7 unspecified atom stereocenters. The van der Waals surface area contributed by atoms with Crippen molar-refractivity contribution in [2.75, 3.05) is 52.3 Å². The quantitative estimate of drug-likeness (QED) is 0.341. The Hall–Kier alpha value is -2.13. The molecule has 9 heteroatoms. The van der Waals surface area contributed by atoms with Crippen molar-refractivity contribution in [2.45, 2.75) is 83.3 Å². The predicted molar refractivity (Wildman–Crippen MR) is 191 cm³/mol. The van der Waals surface area contributed by atoms with Crippen molar-refractivity contribution in [3.8, 4) is 5.75 Å². The molecule has 2 aromatic rings. The zero-order chi connectivity index (χ0) is 33.4. The molecule has 46 heavy (non-hydrogen) atoms. The molecule has 0 radical (unpaired) electrons. The van der Waals surface area contributed by atoms with Crippen molar-refractivity contribution in [1.29, 1.82) is 0 Å². The zero-order valence-corrected chi connectivity index (χ0v) is 30.3. The summed E-state index contributed by atoms with van der Waals surface area (Å²) in [4.78, 5) is 18.2. The molecule has 3 aliphatic rings. The number of nitrogens with zero attached hydrogens (tertiary/aromatic N) is 2. The lowest BCUT2D eigenvalue weighted by Crippen LogP contribution is -2.43. The number of carbonyl (C=O) groups is 1. The van der Waals surface area contributed by atoms with Gasteiger partial charge >= 0.3 is 0 Å². The number of hydrogen-bond donors (Lipinski definition) is 2. The molecule has 7 atom stereocenters. The van der Waals surface area contributed by atoms with Gasteiger partial charge < -0.3 is 19.6 Å². The van der Waals surface area contributed by atoms with Crippen LogP contribution in [0, 0.1) is 23.7 Å². The summed E-state index contributed by atoms with van der Waals surface area (Å²) in [5.41, 5.74) is 4.11. The highest BCUT2D eigenvalue weighted by Gasteiger charge is 2.39. The Morgan fingerprint density at radius 1 is 1.07 bits per heavy atom. The van der Waals surface area contributed by atoms with E-state index in [0.717, 1.165) is 68.9 Å². The van der Waals surface area contributed by atoms with E-state index < -0.39 is 11.0 Å². The fraction of sp³-hybridized carbons (Fsp3) is 0.649. The lowest BCUT2D eigenvalue weighted by atomic mass is 9.64. The first-order valence-corrected chi connectivity index (χ1v) is 18.8. The maximum atomic E-state index is 13.4. The molecule has 1 aliphatic carbocycles. The number of fused-ring (bicyclic) bond motifs is 2. The van der Waals surface area contributed by atoms with Crippen LogP contribution in [0.1, 0.15) is 93.1 Å². The van der Waals surface area contributed by atoms with E-state index >= 15 is 0 Å². The first-order valence-electron chi connectivity index (χ1n) is 17.3. The lowest BCUT2D eigenvalue weighted by Gasteiger charge is -2.45. The number of halogens is 1. The molecule has 0 saturated heterocycles. The van der Waals surface area contributed by atoms with E-state index in [1.54, 1.807) is 0 Å². The highest BCUT2D eigenvalue weighted by atomic mass is 35.5. The monoisotopic (exact) mass is 673 g/mol. The maximum Gasteiger partial charge on any atom is 0.263 e. The van der Waals surface area contributed by atoms with Gasteiger partial charge in [-0.3, -0.25) is 9.52 Å². The Kier molecular flexibility index (Phi) is 13.8. The maximum absolute atomic E-state index is 13.4. The van der Waals surface area contributed by atoms with E-state index in [2.05, 4.69) is 54.6 Å². The third-order valence-electron chi connectivity index (χ3n) is 10.6. The van der Waals surface area contributed by atoms with E-state index in [9.17, 15) is 9.00 Å². The van der Waals surface area contributed by atoms with Crippen LogP contribution in [-0.4, -0.2) is 72.8 Å². The molecule has 2 heterocycles. The van der Waals surface area contributed by atoms with Gasteiger partial charge in [-0.25, -0.2) is 4.21 Å². The summed E-state index contributed by atoms with van der Waals surface area (Å²) >= 11 is 6.45. The van der Waals surface area contributed by atoms with Crippen molar-refractivity contribution in [2.24, 2.45) is 23.7 Å². The van der Waals surface area contributed by atoms with Crippen molar-refractivity contribution in [3.63, 3.8) is 0 Å². The largest absolute Gasteiger partial charge is 0.491 e. The standard InChI is InChI=1S/C36H52ClN3O3S.CH4O/c1-6-8-27-19-31(37)13-15-33(27)30-22-40-21-29-11-14-32(29)26(17-18-39(4)5)10-7-9-24(2)25(3)44(42)38-36(41)28-12-16-35(43-23-30)34(40)20-28;1-2/h12-13,15-16,19-20,24-26,29-30,32H,6-11,14,17-18,21-23H2,1-5H3,(H,38,41);2H,1H3. The number of anilines is 1. The summed E-state index contributed by atoms with van der Waals surface area (Å²) in [6.07, 6.45) is 9.17. The second-order valence-electron chi connectivity index (χ2n) is 13.9. The molecule has 2 aromatic carbocycles. The summed E-state index contributed by atoms with van der Waals surface area (Å²) < 4.78 is 22.6. The predicted octanol–water partition coefficient (Wildman–Crippen LogP) is 7.08. The summed E-state index contributed by atoms with van der Waals surface area (Å²) in [6.45, 7) is 9.86. The second-order valence-corrected chi connectivity index (χ2v) is 15.9. The van der Waals surface area contributed by atoms with Gasteiger partial charge in [-0.15, -0.1) is 0 Å². The van der Waals surface area contributed by atoms with Crippen molar-refractivity contribution >= 4 is 34.2 Å². The van der Waals surface area contributed by atoms with Gasteiger partial charge in [0, 0.05) is 36.7 Å². The molecular formula is C37H56ClN3O4S. The van der Waals surface area contributed by atoms with Crippen molar-refractivity contribution in [1.82, 2.24) is 9.62 Å². The van der Waals surface area contributed by atoms with Crippen LogP contribution in [0.25, 0.3) is 0 Å². The van der Waals surface area contributed by atoms with Gasteiger partial charge in [-0.1, -0.05) is 50.8 Å². The third-order valence-corrected chi connectivity index (χ3v) is 12.3. The molecule has 5 rings (SSSR count). The van der Waals surface area contributed by atoms with E-state index in [-0.39, 0.29) is 23.0 Å². The first kappa shape index (κ1) is 36.7. The number of amides is 1. The molecule has 2 bridgehead atoms. The molecule has 2 aliphatic heterocycles. The fourth-order valence-electron chi connectivity index (χ4n) is 7.57. The number of rotatable bonds is 6. The number of ether oxygens (including phenoxy) is 1. The normalized spacial score (nSPS) is 28.5. The van der Waals surface area contributed by atoms with E-state index in [1.165, 1.54) is 36.8 Å². The van der Waals surface area contributed by atoms with Crippen LogP contribution in [0.4, 0.5) is 5.69 Å². The summed E-state index contributed by atoms with van der Waals surface area (Å²) in [5, 5.41) is 7.67. The number of aliphatic hydroxyl groups is 1. The number of benzene rings is 2. The van der Waals surface area contributed by atoms with Crippen molar-refractivity contribution < 1.29 is 18.8 Å². The van der Waals surface area contributed by atoms with E-state index in [4.69, 9.17) is 21.4 Å². The van der Waals surface area contributed by atoms with Crippen molar-refractivity contribution in [3.05, 3.63) is 58.1 Å². The number of hydrogen-bond acceptors (Lipinski definition) is 6. The van der Waals surface area contributed by atoms with Gasteiger partial charge in [-0.05, 0) is 125 Å². The smallest absolute Gasteiger partial charge is 0.263 e. The molecule has 256 valence electrons. The second kappa shape index (κ2) is 17.3. The number of nitrogens with one attached hydrogen (secondary N) is 1. The van der Waals surface area contributed by atoms with Crippen LogP contribution >= 0.6 is 11.6 Å². The summed E-state index contributed by atoms with van der Waals surface area (Å²) in [7, 11) is 3.90. The Balaban J connectivity index is 0.00000235. The molecule has 1 saturated carbocycles. The van der Waals surface area contributed by atoms with Gasteiger partial charge in [-0.2, -0.15) is 0 Å². The van der Waals surface area contributed by atoms with Crippen LogP contribution < -0.4 is 14.4 Å². The van der Waals surface area contributed by atoms with E-state index in [0.29, 0.717) is 29.9 Å². The molecule has 0 spiro atoms. The van der Waals surface area contributed by atoms with Crippen LogP contribution in [0.15, 0.2) is 36.4 Å². The Labute approximate surface area is 285 Å².